The number of benzene rings is 1. The van der Waals surface area contributed by atoms with Crippen LogP contribution in [0.2, 0.25) is 0 Å². The number of aromatic nitrogens is 3. The summed E-state index contributed by atoms with van der Waals surface area (Å²) in [4.78, 5) is 18.6. The Morgan fingerprint density at radius 3 is 2.88 bits per heavy atom. The van der Waals surface area contributed by atoms with Gasteiger partial charge in [-0.15, -0.1) is 0 Å². The topological polar surface area (TPSA) is 108 Å². The average Bonchev–Trinajstić information content (AvgIpc) is 3.47. The quantitative estimate of drug-likeness (QED) is 0.384. The lowest BCUT2D eigenvalue weighted by Gasteiger charge is -2.33. The molecule has 0 amide bonds. The number of hydrogen-bond acceptors (Lipinski definition) is 8. The molecule has 1 aromatic carbocycles. The van der Waals surface area contributed by atoms with Crippen LogP contribution in [-0.4, -0.2) is 76.9 Å². The van der Waals surface area contributed by atoms with Crippen molar-refractivity contribution in [2.24, 2.45) is 0 Å². The Kier molecular flexibility index (Phi) is 8.55. The van der Waals surface area contributed by atoms with Crippen LogP contribution in [0.1, 0.15) is 52.5 Å². The van der Waals surface area contributed by atoms with Crippen molar-refractivity contribution in [1.29, 1.82) is 0 Å². The minimum absolute atomic E-state index is 0.0565. The summed E-state index contributed by atoms with van der Waals surface area (Å²) in [7, 11) is 1.39. The van der Waals surface area contributed by atoms with Crippen LogP contribution in [0, 0.1) is 5.82 Å². The van der Waals surface area contributed by atoms with Gasteiger partial charge in [0.05, 0.1) is 44.9 Å². The molecule has 6 rings (SSSR count). The summed E-state index contributed by atoms with van der Waals surface area (Å²) in [5.74, 6) is -0.177. The van der Waals surface area contributed by atoms with Crippen LogP contribution >= 0.6 is 0 Å². The number of nitrogens with zero attached hydrogens (tertiary/aromatic N) is 4. The van der Waals surface area contributed by atoms with Gasteiger partial charge in [-0.3, -0.25) is 4.90 Å². The van der Waals surface area contributed by atoms with Crippen LogP contribution in [0.3, 0.4) is 0 Å². The molecule has 3 aliphatic rings. The number of allylic oxidation sites excluding steroid dienone is 3. The molecule has 3 aromatic rings. The SMILES string of the molecule is COc1c(C(=O)O)cnn1-c1cccc(C2=CCCC(C)=C2OCc2ccc3c(c2F)CCN(C[C@H]2COCCO2)C3)n1. The Morgan fingerprint density at radius 1 is 1.21 bits per heavy atom. The summed E-state index contributed by atoms with van der Waals surface area (Å²) in [6, 6.07) is 9.24. The van der Waals surface area contributed by atoms with Crippen molar-refractivity contribution >= 4 is 11.5 Å². The van der Waals surface area contributed by atoms with Gasteiger partial charge in [0.2, 0.25) is 5.88 Å². The zero-order valence-corrected chi connectivity index (χ0v) is 24.3. The monoisotopic (exact) mass is 590 g/mol. The molecule has 0 saturated carbocycles. The fraction of sp³-hybridized carbons (Fsp3) is 0.406. The Labute approximate surface area is 249 Å². The highest BCUT2D eigenvalue weighted by Crippen LogP contribution is 2.34. The lowest BCUT2D eigenvalue weighted by molar-refractivity contribution is -0.0985. The lowest BCUT2D eigenvalue weighted by atomic mass is 9.95. The molecule has 0 bridgehead atoms. The third kappa shape index (κ3) is 6.06. The summed E-state index contributed by atoms with van der Waals surface area (Å²) >= 11 is 0. The number of rotatable bonds is 9. The number of carboxylic acids is 1. The first-order valence-corrected chi connectivity index (χ1v) is 14.5. The fourth-order valence-electron chi connectivity index (χ4n) is 5.89. The second-order valence-corrected chi connectivity index (χ2v) is 10.9. The molecule has 1 N–H and O–H groups in total. The molecule has 0 radical (unpaired) electrons. The van der Waals surface area contributed by atoms with Gasteiger partial charge in [0.25, 0.3) is 0 Å². The van der Waals surface area contributed by atoms with Crippen LogP contribution in [0.15, 0.2) is 53.9 Å². The van der Waals surface area contributed by atoms with E-state index in [1.54, 1.807) is 6.07 Å². The number of carboxylic acid groups (broad SMARTS) is 1. The lowest BCUT2D eigenvalue weighted by Crippen LogP contribution is -2.42. The summed E-state index contributed by atoms with van der Waals surface area (Å²) in [5.41, 5.74) is 4.71. The Balaban J connectivity index is 1.18. The molecule has 2 aliphatic heterocycles. The first kappa shape index (κ1) is 29.0. The fourth-order valence-corrected chi connectivity index (χ4v) is 5.89. The van der Waals surface area contributed by atoms with Crippen LogP contribution in [0.5, 0.6) is 5.88 Å². The molecule has 1 fully saturated rings. The van der Waals surface area contributed by atoms with Crippen LogP contribution < -0.4 is 4.74 Å². The predicted octanol–water partition coefficient (Wildman–Crippen LogP) is 4.55. The molecular formula is C32H35FN4O6. The summed E-state index contributed by atoms with van der Waals surface area (Å²) in [6.45, 7) is 6.19. The molecular weight excluding hydrogens is 555 g/mol. The van der Waals surface area contributed by atoms with Crippen molar-refractivity contribution in [3.05, 3.63) is 87.7 Å². The largest absolute Gasteiger partial charge is 0.488 e. The average molecular weight is 591 g/mol. The van der Waals surface area contributed by atoms with Crippen LogP contribution in [0.4, 0.5) is 4.39 Å². The summed E-state index contributed by atoms with van der Waals surface area (Å²) in [5, 5.41) is 13.6. The highest BCUT2D eigenvalue weighted by atomic mass is 19.1. The molecule has 11 heteroatoms. The minimum Gasteiger partial charge on any atom is -0.488 e. The second-order valence-electron chi connectivity index (χ2n) is 10.9. The van der Waals surface area contributed by atoms with Crippen molar-refractivity contribution in [2.45, 2.75) is 45.4 Å². The van der Waals surface area contributed by atoms with Crippen molar-refractivity contribution in [3.63, 3.8) is 0 Å². The van der Waals surface area contributed by atoms with Gasteiger partial charge in [-0.25, -0.2) is 14.2 Å². The smallest absolute Gasteiger partial charge is 0.342 e. The summed E-state index contributed by atoms with van der Waals surface area (Å²) < 4.78 is 40.1. The van der Waals surface area contributed by atoms with Gasteiger partial charge in [-0.05, 0) is 55.0 Å². The number of ether oxygens (including phenoxy) is 4. The zero-order chi connectivity index (χ0) is 29.9. The van der Waals surface area contributed by atoms with E-state index in [-0.39, 0.29) is 30.0 Å². The molecule has 1 saturated heterocycles. The molecule has 0 spiro atoms. The minimum atomic E-state index is -1.14. The van der Waals surface area contributed by atoms with E-state index in [0.29, 0.717) is 55.6 Å². The van der Waals surface area contributed by atoms with Crippen molar-refractivity contribution in [1.82, 2.24) is 19.7 Å². The Hall–Kier alpha value is -4.06. The van der Waals surface area contributed by atoms with E-state index in [2.05, 4.69) is 16.1 Å². The summed E-state index contributed by atoms with van der Waals surface area (Å²) in [6.07, 6.45) is 5.63. The molecule has 226 valence electrons. The number of hydrogen-bond donors (Lipinski definition) is 1. The van der Waals surface area contributed by atoms with E-state index in [9.17, 15) is 9.90 Å². The standard InChI is InChI=1S/C32H35FN4O6/c1-20-5-3-6-25(27-7-4-8-28(35-27)37-31(40-2)26(15-34-37)32(38)39)30(20)43-18-22-10-9-21-16-36(12-11-24(21)29(22)33)17-23-19-41-13-14-42-23/h4,6-10,15,23H,3,5,11-14,16-19H2,1-2H3,(H,38,39)/t23-/m0/s1. The first-order chi connectivity index (χ1) is 20.9. The normalized spacial score (nSPS) is 19.1. The first-order valence-electron chi connectivity index (χ1n) is 14.5. The molecule has 1 atom stereocenters. The van der Waals surface area contributed by atoms with E-state index < -0.39 is 5.97 Å². The molecule has 10 nitrogen and oxygen atoms in total. The van der Waals surface area contributed by atoms with Gasteiger partial charge in [-0.2, -0.15) is 9.78 Å². The molecule has 43 heavy (non-hydrogen) atoms. The number of carbonyl (C=O) groups is 1. The number of fused-ring (bicyclic) bond motifs is 1. The van der Waals surface area contributed by atoms with E-state index in [1.807, 2.05) is 31.2 Å². The van der Waals surface area contributed by atoms with Gasteiger partial charge in [0.15, 0.2) is 5.82 Å². The zero-order valence-electron chi connectivity index (χ0n) is 24.3. The number of halogens is 1. The second kappa shape index (κ2) is 12.7. The number of methoxy groups -OCH3 is 1. The van der Waals surface area contributed by atoms with Gasteiger partial charge < -0.3 is 24.1 Å². The maximum absolute atomic E-state index is 15.7. The van der Waals surface area contributed by atoms with Gasteiger partial charge in [-0.1, -0.05) is 24.3 Å². The molecule has 4 heterocycles. The van der Waals surface area contributed by atoms with E-state index in [4.69, 9.17) is 23.9 Å². The number of pyridine rings is 1. The predicted molar refractivity (Wildman–Crippen MR) is 156 cm³/mol. The van der Waals surface area contributed by atoms with Crippen molar-refractivity contribution < 1.29 is 33.2 Å². The third-order valence-electron chi connectivity index (χ3n) is 8.09. The maximum atomic E-state index is 15.7. The van der Waals surface area contributed by atoms with Gasteiger partial charge in [0, 0.05) is 30.8 Å². The van der Waals surface area contributed by atoms with Crippen LogP contribution in [0.25, 0.3) is 11.4 Å². The number of aromatic carboxylic acids is 1. The van der Waals surface area contributed by atoms with Gasteiger partial charge in [0.1, 0.15) is 23.7 Å². The van der Waals surface area contributed by atoms with E-state index in [0.717, 1.165) is 48.2 Å². The molecule has 1 aliphatic carbocycles. The Bertz CT molecular complexity index is 1580. The highest BCUT2D eigenvalue weighted by molar-refractivity contribution is 5.90. The highest BCUT2D eigenvalue weighted by Gasteiger charge is 2.26. The molecule has 0 unspecified atom stereocenters. The van der Waals surface area contributed by atoms with E-state index >= 15 is 4.39 Å². The molecule has 2 aromatic heterocycles. The third-order valence-corrected chi connectivity index (χ3v) is 8.09. The van der Waals surface area contributed by atoms with Crippen molar-refractivity contribution in [2.75, 3.05) is 40.0 Å². The Morgan fingerprint density at radius 2 is 2.09 bits per heavy atom. The van der Waals surface area contributed by atoms with E-state index in [1.165, 1.54) is 18.0 Å². The van der Waals surface area contributed by atoms with Gasteiger partial charge >= 0.3 is 5.97 Å². The van der Waals surface area contributed by atoms with Crippen LogP contribution in [-0.2, 0) is 33.8 Å². The van der Waals surface area contributed by atoms with Crippen molar-refractivity contribution in [3.8, 4) is 11.7 Å². The maximum Gasteiger partial charge on any atom is 0.342 e.